The lowest BCUT2D eigenvalue weighted by atomic mass is 9.85. The fourth-order valence-corrected chi connectivity index (χ4v) is 4.65. The van der Waals surface area contributed by atoms with E-state index in [0.29, 0.717) is 40.3 Å². The third kappa shape index (κ3) is 4.93. The molecule has 0 saturated heterocycles. The van der Waals surface area contributed by atoms with E-state index in [0.717, 1.165) is 31.4 Å². The molecule has 5 rings (SSSR count). The van der Waals surface area contributed by atoms with E-state index in [-0.39, 0.29) is 42.8 Å². The maximum absolute atomic E-state index is 13.0. The molecule has 0 bridgehead atoms. The number of rotatable bonds is 3. The van der Waals surface area contributed by atoms with Gasteiger partial charge in [0.25, 0.3) is 11.8 Å². The van der Waals surface area contributed by atoms with Gasteiger partial charge in [-0.05, 0) is 55.7 Å². The van der Waals surface area contributed by atoms with Gasteiger partial charge in [0.15, 0.2) is 6.61 Å². The topological polar surface area (TPSA) is 87.3 Å². The number of anilines is 1. The Morgan fingerprint density at radius 3 is 2.77 bits per heavy atom. The van der Waals surface area contributed by atoms with Gasteiger partial charge in [-0.25, -0.2) is 4.98 Å². The van der Waals surface area contributed by atoms with Gasteiger partial charge in [0.2, 0.25) is 0 Å². The predicted octanol–water partition coefficient (Wildman–Crippen LogP) is 4.81. The van der Waals surface area contributed by atoms with Crippen LogP contribution >= 0.6 is 12.4 Å². The van der Waals surface area contributed by atoms with Crippen LogP contribution in [0.3, 0.4) is 0 Å². The Balaban J connectivity index is 0.00000289. The highest BCUT2D eigenvalue weighted by molar-refractivity contribution is 6.01. The van der Waals surface area contributed by atoms with Gasteiger partial charge in [-0.2, -0.15) is 13.2 Å². The number of ether oxygens (including phenoxy) is 1. The minimum Gasteiger partial charge on any atom is -0.482 e. The van der Waals surface area contributed by atoms with Crippen LogP contribution in [0.25, 0.3) is 11.0 Å². The molecule has 35 heavy (non-hydrogen) atoms. The summed E-state index contributed by atoms with van der Waals surface area (Å²) in [5.74, 6) is 0.753. The van der Waals surface area contributed by atoms with Crippen LogP contribution in [0.2, 0.25) is 0 Å². The first-order chi connectivity index (χ1) is 16.2. The van der Waals surface area contributed by atoms with Gasteiger partial charge in [0, 0.05) is 24.6 Å². The normalized spacial score (nSPS) is 20.1. The molecule has 11 heteroatoms. The van der Waals surface area contributed by atoms with Crippen LogP contribution in [0.4, 0.5) is 18.9 Å². The monoisotopic (exact) mass is 508 g/mol. The van der Waals surface area contributed by atoms with E-state index < -0.39 is 11.7 Å². The number of halogens is 4. The summed E-state index contributed by atoms with van der Waals surface area (Å²) >= 11 is 0. The Morgan fingerprint density at radius 1 is 1.20 bits per heavy atom. The van der Waals surface area contributed by atoms with E-state index in [4.69, 9.17) is 4.74 Å². The molecule has 7 nitrogen and oxygen atoms in total. The fraction of sp³-hybridized carbons (Fsp3) is 0.375. The number of carbonyl (C=O) groups is 2. The Kier molecular flexibility index (Phi) is 6.68. The van der Waals surface area contributed by atoms with Gasteiger partial charge in [0.05, 0.1) is 22.3 Å². The second-order valence-electron chi connectivity index (χ2n) is 8.81. The number of benzene rings is 2. The molecule has 2 aliphatic rings. The number of carbonyl (C=O) groups excluding carboxylic acids is 2. The van der Waals surface area contributed by atoms with Crippen LogP contribution in [0.5, 0.6) is 5.75 Å². The predicted molar refractivity (Wildman–Crippen MR) is 126 cm³/mol. The summed E-state index contributed by atoms with van der Waals surface area (Å²) in [6.07, 6.45) is -1.29. The maximum atomic E-state index is 13.0. The number of alkyl halides is 3. The smallest absolute Gasteiger partial charge is 0.416 e. The van der Waals surface area contributed by atoms with Crippen molar-refractivity contribution in [2.75, 3.05) is 18.6 Å². The zero-order valence-electron chi connectivity index (χ0n) is 18.8. The van der Waals surface area contributed by atoms with Crippen molar-refractivity contribution in [2.24, 2.45) is 0 Å². The van der Waals surface area contributed by atoms with Crippen LogP contribution in [-0.4, -0.2) is 41.5 Å². The summed E-state index contributed by atoms with van der Waals surface area (Å²) in [5, 5.41) is 3.06. The SMILES string of the molecule is CN1C(=O)COc2ccc(C(=O)N[C@@H]3CCC[C@H](c4nc5ccc(C(F)(F)F)cc5[nH]4)C3)cc21.Cl. The van der Waals surface area contributed by atoms with Crippen molar-refractivity contribution < 1.29 is 27.5 Å². The highest BCUT2D eigenvalue weighted by atomic mass is 35.5. The Hall–Kier alpha value is -3.27. The van der Waals surface area contributed by atoms with Gasteiger partial charge in [0.1, 0.15) is 11.6 Å². The molecule has 1 aromatic heterocycles. The number of H-pyrrole nitrogens is 1. The summed E-state index contributed by atoms with van der Waals surface area (Å²) in [4.78, 5) is 33.8. The van der Waals surface area contributed by atoms with Crippen LogP contribution in [0, 0.1) is 0 Å². The van der Waals surface area contributed by atoms with Crippen molar-refractivity contribution in [3.63, 3.8) is 0 Å². The van der Waals surface area contributed by atoms with Crippen LogP contribution in [-0.2, 0) is 11.0 Å². The Morgan fingerprint density at radius 2 is 2.00 bits per heavy atom. The van der Waals surface area contributed by atoms with E-state index in [1.807, 2.05) is 0 Å². The Bertz CT molecular complexity index is 1280. The number of aromatic amines is 1. The molecule has 0 unspecified atom stereocenters. The molecular weight excluding hydrogens is 485 g/mol. The molecule has 0 radical (unpaired) electrons. The third-order valence-corrected chi connectivity index (χ3v) is 6.53. The maximum Gasteiger partial charge on any atom is 0.416 e. The molecule has 2 amide bonds. The molecule has 1 fully saturated rings. The molecule has 1 aliphatic heterocycles. The average Bonchev–Trinajstić information content (AvgIpc) is 3.24. The fourth-order valence-electron chi connectivity index (χ4n) is 4.65. The van der Waals surface area contributed by atoms with Gasteiger partial charge in [-0.3, -0.25) is 9.59 Å². The number of fused-ring (bicyclic) bond motifs is 2. The molecule has 2 N–H and O–H groups in total. The number of nitrogens with one attached hydrogen (secondary N) is 2. The molecule has 1 saturated carbocycles. The lowest BCUT2D eigenvalue weighted by molar-refractivity contribution is -0.137. The quantitative estimate of drug-likeness (QED) is 0.531. The van der Waals surface area contributed by atoms with E-state index in [1.165, 1.54) is 11.0 Å². The minimum atomic E-state index is -4.41. The summed E-state index contributed by atoms with van der Waals surface area (Å²) in [7, 11) is 1.64. The lowest BCUT2D eigenvalue weighted by Crippen LogP contribution is -2.39. The first kappa shape index (κ1) is 24.8. The first-order valence-electron chi connectivity index (χ1n) is 11.1. The standard InChI is InChI=1S/C24H23F3N4O3.ClH/c1-31-19-10-14(5-8-20(19)34-12-21(31)32)23(33)28-16-4-2-3-13(9-16)22-29-17-7-6-15(24(25,26)27)11-18(17)30-22;/h5-8,10-11,13,16H,2-4,9,12H2,1H3,(H,28,33)(H,29,30);1H/t13-,16+;/m0./s1. The highest BCUT2D eigenvalue weighted by Crippen LogP contribution is 2.35. The van der Waals surface area contributed by atoms with Gasteiger partial charge < -0.3 is 19.9 Å². The summed E-state index contributed by atoms with van der Waals surface area (Å²) in [6.45, 7) is -0.0299. The average molecular weight is 509 g/mol. The number of imidazole rings is 1. The second-order valence-corrected chi connectivity index (χ2v) is 8.81. The van der Waals surface area contributed by atoms with E-state index in [9.17, 15) is 22.8 Å². The van der Waals surface area contributed by atoms with Crippen molar-refractivity contribution in [3.05, 3.63) is 53.3 Å². The number of hydrogen-bond acceptors (Lipinski definition) is 4. The number of aromatic nitrogens is 2. The largest absolute Gasteiger partial charge is 0.482 e. The van der Waals surface area contributed by atoms with Crippen LogP contribution in [0.15, 0.2) is 36.4 Å². The molecule has 2 aromatic carbocycles. The summed E-state index contributed by atoms with van der Waals surface area (Å²) in [6, 6.07) is 8.37. The minimum absolute atomic E-state index is 0. The van der Waals surface area contributed by atoms with Crippen molar-refractivity contribution in [2.45, 2.75) is 43.8 Å². The molecule has 2 heterocycles. The zero-order valence-corrected chi connectivity index (χ0v) is 19.6. The van der Waals surface area contributed by atoms with E-state index in [2.05, 4.69) is 15.3 Å². The first-order valence-corrected chi connectivity index (χ1v) is 11.1. The molecule has 3 aromatic rings. The number of amides is 2. The number of nitrogens with zero attached hydrogens (tertiary/aromatic N) is 2. The van der Waals surface area contributed by atoms with Crippen LogP contribution < -0.4 is 15.0 Å². The van der Waals surface area contributed by atoms with Crippen molar-refractivity contribution in [1.82, 2.24) is 15.3 Å². The lowest BCUT2D eigenvalue weighted by Gasteiger charge is -2.29. The van der Waals surface area contributed by atoms with Crippen molar-refractivity contribution in [1.29, 1.82) is 0 Å². The second kappa shape index (κ2) is 9.41. The molecule has 2 atom stereocenters. The Labute approximate surface area is 205 Å². The summed E-state index contributed by atoms with van der Waals surface area (Å²) in [5.41, 5.74) is 1.10. The third-order valence-electron chi connectivity index (χ3n) is 6.53. The number of likely N-dealkylation sites (N-methyl/N-ethyl adjacent to an activating group) is 1. The van der Waals surface area contributed by atoms with E-state index in [1.54, 1.807) is 25.2 Å². The molecular formula is C24H24ClF3N4O3. The van der Waals surface area contributed by atoms with Gasteiger partial charge >= 0.3 is 6.18 Å². The van der Waals surface area contributed by atoms with Crippen molar-refractivity contribution in [3.8, 4) is 5.75 Å². The van der Waals surface area contributed by atoms with E-state index >= 15 is 0 Å². The van der Waals surface area contributed by atoms with Crippen molar-refractivity contribution >= 4 is 40.9 Å². The molecule has 186 valence electrons. The summed E-state index contributed by atoms with van der Waals surface area (Å²) < 4.78 is 44.5. The van der Waals surface area contributed by atoms with Crippen LogP contribution in [0.1, 0.15) is 53.3 Å². The molecule has 0 spiro atoms. The van der Waals surface area contributed by atoms with Gasteiger partial charge in [-0.1, -0.05) is 6.42 Å². The van der Waals surface area contributed by atoms with Gasteiger partial charge in [-0.15, -0.1) is 12.4 Å². The number of hydrogen-bond donors (Lipinski definition) is 2. The zero-order chi connectivity index (χ0) is 24.0. The molecule has 1 aliphatic carbocycles. The highest BCUT2D eigenvalue weighted by Gasteiger charge is 2.32.